The third-order valence-electron chi connectivity index (χ3n) is 5.05. The molecule has 0 bridgehead atoms. The molecule has 2 aromatic rings. The Kier molecular flexibility index (Phi) is 5.54. The molecule has 0 unspecified atom stereocenters. The minimum Gasteiger partial charge on any atom is -0.457 e. The molecule has 9 heteroatoms. The van der Waals surface area contributed by atoms with Crippen molar-refractivity contribution >= 4 is 33.1 Å². The summed E-state index contributed by atoms with van der Waals surface area (Å²) < 4.78 is 29.2. The average Bonchev–Trinajstić information content (AvgIpc) is 3.10. The second kappa shape index (κ2) is 8.27. The van der Waals surface area contributed by atoms with E-state index >= 15 is 0 Å². The highest BCUT2D eigenvalue weighted by molar-refractivity contribution is 7.91. The number of nitrogens with zero attached hydrogens (tertiary/aromatic N) is 1. The molecule has 0 aromatic heterocycles. The predicted octanol–water partition coefficient (Wildman–Crippen LogP) is 0.663. The van der Waals surface area contributed by atoms with Gasteiger partial charge in [-0.2, -0.15) is 0 Å². The van der Waals surface area contributed by atoms with Gasteiger partial charge < -0.3 is 10.1 Å². The molecule has 1 fully saturated rings. The van der Waals surface area contributed by atoms with E-state index in [1.54, 1.807) is 24.3 Å². The van der Waals surface area contributed by atoms with Crippen molar-refractivity contribution in [3.63, 3.8) is 0 Å². The Morgan fingerprint density at radius 2 is 1.73 bits per heavy atom. The number of para-hydroxylation sites is 1. The van der Waals surface area contributed by atoms with Crippen LogP contribution in [-0.4, -0.2) is 48.5 Å². The number of rotatable bonds is 5. The van der Waals surface area contributed by atoms with Crippen LogP contribution < -0.4 is 15.2 Å². The quantitative estimate of drug-likeness (QED) is 0.728. The first-order valence-corrected chi connectivity index (χ1v) is 11.5. The summed E-state index contributed by atoms with van der Waals surface area (Å²) >= 11 is 0. The van der Waals surface area contributed by atoms with Gasteiger partial charge in [-0.05, 0) is 42.8 Å². The van der Waals surface area contributed by atoms with Crippen LogP contribution in [0.3, 0.4) is 0 Å². The summed E-state index contributed by atoms with van der Waals surface area (Å²) in [6.45, 7) is 0. The van der Waals surface area contributed by atoms with Crippen molar-refractivity contribution in [1.29, 1.82) is 0 Å². The van der Waals surface area contributed by atoms with Gasteiger partial charge in [0.05, 0.1) is 11.5 Å². The number of ether oxygens (including phenoxy) is 1. The van der Waals surface area contributed by atoms with Crippen molar-refractivity contribution in [2.75, 3.05) is 16.8 Å². The summed E-state index contributed by atoms with van der Waals surface area (Å²) in [6.07, 6.45) is 0.810. The molecule has 2 aromatic carbocycles. The number of carbonyl (C=O) groups excluding carboxylic acids is 2. The molecule has 2 aliphatic rings. The van der Waals surface area contributed by atoms with Crippen LogP contribution in [-0.2, 0) is 19.4 Å². The van der Waals surface area contributed by atoms with E-state index in [2.05, 4.69) is 10.4 Å². The number of nitrogens with one attached hydrogen (secondary N) is 2. The number of hydrazine groups is 1. The van der Waals surface area contributed by atoms with E-state index in [0.717, 1.165) is 5.75 Å². The van der Waals surface area contributed by atoms with Crippen molar-refractivity contribution in [2.24, 2.45) is 0 Å². The SMILES string of the molecule is O=C(Nc1ccc(Oc2ccccc2)cc1)C1=[NH+]N([C@@H]2CCS(=O)(=O)C2)C(=O)CC1. The number of anilines is 1. The Balaban J connectivity index is 1.41. The molecule has 0 radical (unpaired) electrons. The highest BCUT2D eigenvalue weighted by Crippen LogP contribution is 2.23. The second-order valence-electron chi connectivity index (χ2n) is 7.30. The number of hydrazone groups is 1. The molecular formula is C21H22N3O5S+. The van der Waals surface area contributed by atoms with Gasteiger partial charge in [0.15, 0.2) is 9.84 Å². The van der Waals surface area contributed by atoms with E-state index in [0.29, 0.717) is 23.6 Å². The molecule has 0 saturated carbocycles. The third-order valence-corrected chi connectivity index (χ3v) is 6.80. The van der Waals surface area contributed by atoms with E-state index in [4.69, 9.17) is 4.74 Å². The van der Waals surface area contributed by atoms with Gasteiger partial charge in [-0.25, -0.2) is 8.42 Å². The van der Waals surface area contributed by atoms with Crippen LogP contribution >= 0.6 is 0 Å². The van der Waals surface area contributed by atoms with Gasteiger partial charge in [0.2, 0.25) is 0 Å². The summed E-state index contributed by atoms with van der Waals surface area (Å²) in [5.74, 6) is 0.781. The van der Waals surface area contributed by atoms with Crippen LogP contribution in [0.2, 0.25) is 0 Å². The lowest BCUT2D eigenvalue weighted by Crippen LogP contribution is -2.90. The molecule has 1 saturated heterocycles. The Hall–Kier alpha value is -3.20. The zero-order chi connectivity index (χ0) is 21.1. The number of carbonyl (C=O) groups is 2. The summed E-state index contributed by atoms with van der Waals surface area (Å²) in [5, 5.41) is 6.95. The maximum atomic E-state index is 12.6. The van der Waals surface area contributed by atoms with E-state index in [1.807, 2.05) is 30.3 Å². The largest absolute Gasteiger partial charge is 0.457 e. The Labute approximate surface area is 174 Å². The predicted molar refractivity (Wildman–Crippen MR) is 111 cm³/mol. The number of hydrogen-bond donors (Lipinski definition) is 2. The van der Waals surface area contributed by atoms with Crippen molar-refractivity contribution in [2.45, 2.75) is 25.3 Å². The lowest BCUT2D eigenvalue weighted by atomic mass is 10.1. The number of sulfone groups is 1. The highest BCUT2D eigenvalue weighted by Gasteiger charge is 2.41. The standard InChI is InChI=1S/C21H21N3O5S/c25-20-11-10-19(23-24(20)16-12-13-30(27,28)14-16)21(26)22-15-6-8-18(9-7-15)29-17-4-2-1-3-5-17/h1-9,16H,10-14H2,(H,22,26)/p+1/t16-/m1/s1. The molecule has 2 heterocycles. The molecule has 1 atom stereocenters. The minimum atomic E-state index is -3.14. The lowest BCUT2D eigenvalue weighted by Gasteiger charge is -2.21. The topological polar surface area (TPSA) is 107 Å². The first-order chi connectivity index (χ1) is 14.4. The smallest absolute Gasteiger partial charge is 0.318 e. The lowest BCUT2D eigenvalue weighted by molar-refractivity contribution is -0.633. The zero-order valence-corrected chi connectivity index (χ0v) is 17.0. The van der Waals surface area contributed by atoms with Gasteiger partial charge in [0.25, 0.3) is 11.6 Å². The van der Waals surface area contributed by atoms with Crippen molar-refractivity contribution in [1.82, 2.24) is 5.01 Å². The number of benzene rings is 2. The highest BCUT2D eigenvalue weighted by atomic mass is 32.2. The molecule has 2 aliphatic heterocycles. The van der Waals surface area contributed by atoms with Crippen molar-refractivity contribution < 1.29 is 27.8 Å². The molecule has 2 N–H and O–H groups in total. The fourth-order valence-corrected chi connectivity index (χ4v) is 5.19. The maximum Gasteiger partial charge on any atom is 0.318 e. The zero-order valence-electron chi connectivity index (χ0n) is 16.2. The normalized spacial score (nSPS) is 20.5. The molecule has 30 heavy (non-hydrogen) atoms. The Morgan fingerprint density at radius 1 is 1.03 bits per heavy atom. The molecular weight excluding hydrogens is 406 g/mol. The average molecular weight is 428 g/mol. The third kappa shape index (κ3) is 4.68. The Morgan fingerprint density at radius 3 is 2.40 bits per heavy atom. The van der Waals surface area contributed by atoms with Crippen LogP contribution in [0.5, 0.6) is 11.5 Å². The maximum absolute atomic E-state index is 12.6. The monoisotopic (exact) mass is 428 g/mol. The van der Waals surface area contributed by atoms with Crippen LogP contribution in [0.4, 0.5) is 5.69 Å². The molecule has 0 aliphatic carbocycles. The van der Waals surface area contributed by atoms with Crippen LogP contribution in [0.25, 0.3) is 0 Å². The molecule has 4 rings (SSSR count). The van der Waals surface area contributed by atoms with Gasteiger partial charge in [-0.3, -0.25) is 9.59 Å². The summed E-state index contributed by atoms with van der Waals surface area (Å²) in [5.41, 5.74) is 0.921. The summed E-state index contributed by atoms with van der Waals surface area (Å²) in [7, 11) is -3.14. The molecule has 156 valence electrons. The fraction of sp³-hybridized carbons (Fsp3) is 0.286. The van der Waals surface area contributed by atoms with Gasteiger partial charge >= 0.3 is 5.91 Å². The van der Waals surface area contributed by atoms with E-state index < -0.39 is 15.9 Å². The van der Waals surface area contributed by atoms with Gasteiger partial charge in [0.1, 0.15) is 17.5 Å². The molecule has 8 nitrogen and oxygen atoms in total. The van der Waals surface area contributed by atoms with Crippen LogP contribution in [0, 0.1) is 0 Å². The molecule has 2 amide bonds. The van der Waals surface area contributed by atoms with Crippen molar-refractivity contribution in [3.05, 3.63) is 54.6 Å². The van der Waals surface area contributed by atoms with Crippen LogP contribution in [0.15, 0.2) is 54.6 Å². The minimum absolute atomic E-state index is 0.0576. The van der Waals surface area contributed by atoms with E-state index in [9.17, 15) is 18.0 Å². The second-order valence-corrected chi connectivity index (χ2v) is 9.53. The van der Waals surface area contributed by atoms with Gasteiger partial charge in [-0.1, -0.05) is 18.2 Å². The number of hydrogen-bond acceptors (Lipinski definition) is 5. The first kappa shape index (κ1) is 20.1. The fourth-order valence-electron chi connectivity index (χ4n) is 3.49. The number of amides is 2. The van der Waals surface area contributed by atoms with Crippen molar-refractivity contribution in [3.8, 4) is 11.5 Å². The van der Waals surface area contributed by atoms with E-state index in [-0.39, 0.29) is 36.2 Å². The van der Waals surface area contributed by atoms with E-state index in [1.165, 1.54) is 5.01 Å². The van der Waals surface area contributed by atoms with Gasteiger partial charge in [-0.15, -0.1) is 10.1 Å². The first-order valence-electron chi connectivity index (χ1n) is 9.69. The summed E-state index contributed by atoms with van der Waals surface area (Å²) in [6, 6.07) is 15.9. The molecule has 0 spiro atoms. The van der Waals surface area contributed by atoms with Gasteiger partial charge in [0, 0.05) is 18.5 Å². The Bertz CT molecular complexity index is 1080. The van der Waals surface area contributed by atoms with Crippen LogP contribution in [0.1, 0.15) is 19.3 Å². The summed E-state index contributed by atoms with van der Waals surface area (Å²) in [4.78, 5) is 24.9.